The Morgan fingerprint density at radius 1 is 1.12 bits per heavy atom. The topological polar surface area (TPSA) is 108 Å². The van der Waals surface area contributed by atoms with Gasteiger partial charge in [-0.15, -0.1) is 11.3 Å². The summed E-state index contributed by atoms with van der Waals surface area (Å²) >= 11 is 6.97. The molecular weight excluding hydrogens is 456 g/mol. The number of carbonyl (C=O) groups excluding carboxylic acids is 2. The summed E-state index contributed by atoms with van der Waals surface area (Å²) < 4.78 is 10.6. The van der Waals surface area contributed by atoms with E-state index in [-0.39, 0.29) is 33.4 Å². The summed E-state index contributed by atoms with van der Waals surface area (Å²) in [4.78, 5) is 35.9. The number of hydrogen-bond donors (Lipinski definition) is 1. The molecule has 1 aromatic heterocycles. The van der Waals surface area contributed by atoms with E-state index in [1.165, 1.54) is 12.1 Å². The van der Waals surface area contributed by atoms with Crippen LogP contribution in [0.2, 0.25) is 5.02 Å². The molecule has 0 saturated carbocycles. The maximum Gasteiger partial charge on any atom is 0.341 e. The zero-order chi connectivity index (χ0) is 23.3. The fourth-order valence-electron chi connectivity index (χ4n) is 2.93. The highest BCUT2D eigenvalue weighted by molar-refractivity contribution is 7.15. The fraction of sp³-hybridized carbons (Fsp3) is 0.182. The van der Waals surface area contributed by atoms with Crippen molar-refractivity contribution < 1.29 is 24.0 Å². The van der Waals surface area contributed by atoms with Gasteiger partial charge in [0, 0.05) is 22.6 Å². The monoisotopic (exact) mass is 474 g/mol. The Morgan fingerprint density at radius 2 is 1.84 bits per heavy atom. The lowest BCUT2D eigenvalue weighted by molar-refractivity contribution is -0.384. The molecule has 3 rings (SSSR count). The summed E-state index contributed by atoms with van der Waals surface area (Å²) in [5.41, 5.74) is 1.19. The Labute approximate surface area is 192 Å². The van der Waals surface area contributed by atoms with E-state index >= 15 is 0 Å². The van der Waals surface area contributed by atoms with Crippen LogP contribution >= 0.6 is 22.9 Å². The lowest BCUT2D eigenvalue weighted by Gasteiger charge is -2.10. The molecule has 10 heteroatoms. The van der Waals surface area contributed by atoms with Crippen LogP contribution in [0.15, 0.2) is 47.8 Å². The number of ether oxygens (including phenoxy) is 2. The van der Waals surface area contributed by atoms with Crippen molar-refractivity contribution in [3.8, 4) is 16.9 Å². The van der Waals surface area contributed by atoms with Crippen molar-refractivity contribution in [2.45, 2.75) is 13.8 Å². The van der Waals surface area contributed by atoms with Crippen LogP contribution in [0.1, 0.15) is 34.6 Å². The summed E-state index contributed by atoms with van der Waals surface area (Å²) in [5, 5.41) is 15.7. The summed E-state index contributed by atoms with van der Waals surface area (Å²) in [6.45, 7) is 4.26. The quantitative estimate of drug-likeness (QED) is 0.251. The minimum atomic E-state index is -0.668. The number of hydrogen-bond acceptors (Lipinski definition) is 7. The van der Waals surface area contributed by atoms with Gasteiger partial charge in [-0.1, -0.05) is 23.7 Å². The van der Waals surface area contributed by atoms with Crippen molar-refractivity contribution in [2.75, 3.05) is 18.5 Å². The first-order chi connectivity index (χ1) is 15.3. The SMILES string of the molecule is CCOC(=O)c1c(-c2ccc(OCC)cc2)csc1NC(=O)c1ccc(Cl)c([N+](=O)[O-])c1. The van der Waals surface area contributed by atoms with Gasteiger partial charge < -0.3 is 14.8 Å². The van der Waals surface area contributed by atoms with E-state index in [0.29, 0.717) is 17.9 Å². The number of nitro groups is 1. The molecule has 0 spiro atoms. The number of rotatable bonds is 8. The van der Waals surface area contributed by atoms with Crippen molar-refractivity contribution in [3.63, 3.8) is 0 Å². The molecule has 0 aliphatic rings. The zero-order valence-electron chi connectivity index (χ0n) is 17.2. The number of nitro benzene ring substituents is 1. The van der Waals surface area contributed by atoms with Gasteiger partial charge in [0.2, 0.25) is 0 Å². The van der Waals surface area contributed by atoms with E-state index in [0.717, 1.165) is 23.0 Å². The van der Waals surface area contributed by atoms with Crippen LogP contribution in [-0.2, 0) is 4.74 Å². The number of esters is 1. The van der Waals surface area contributed by atoms with Crippen molar-refractivity contribution in [2.24, 2.45) is 0 Å². The first kappa shape index (κ1) is 23.2. The van der Waals surface area contributed by atoms with E-state index in [1.807, 2.05) is 19.1 Å². The molecule has 8 nitrogen and oxygen atoms in total. The predicted molar refractivity (Wildman–Crippen MR) is 123 cm³/mol. The van der Waals surface area contributed by atoms with Crippen LogP contribution in [0.4, 0.5) is 10.7 Å². The number of benzene rings is 2. The third-order valence-electron chi connectivity index (χ3n) is 4.38. The Kier molecular flexibility index (Phi) is 7.45. The van der Waals surface area contributed by atoms with Gasteiger partial charge in [-0.2, -0.15) is 0 Å². The smallest absolute Gasteiger partial charge is 0.341 e. The predicted octanol–water partition coefficient (Wildman–Crippen LogP) is 5.80. The molecule has 0 unspecified atom stereocenters. The summed E-state index contributed by atoms with van der Waals surface area (Å²) in [5.74, 6) is -0.507. The molecule has 3 aromatic rings. The third kappa shape index (κ3) is 5.06. The molecule has 1 N–H and O–H groups in total. The molecule has 166 valence electrons. The summed E-state index contributed by atoms with van der Waals surface area (Å²) in [6.07, 6.45) is 0. The van der Waals surface area contributed by atoms with Crippen LogP contribution in [0.3, 0.4) is 0 Å². The van der Waals surface area contributed by atoms with E-state index in [2.05, 4.69) is 5.32 Å². The van der Waals surface area contributed by atoms with Gasteiger partial charge >= 0.3 is 5.97 Å². The molecule has 1 heterocycles. The van der Waals surface area contributed by atoms with Gasteiger partial charge in [-0.3, -0.25) is 14.9 Å². The molecule has 2 aromatic carbocycles. The maximum atomic E-state index is 12.8. The molecule has 0 bridgehead atoms. The average molecular weight is 475 g/mol. The van der Waals surface area contributed by atoms with Gasteiger partial charge in [-0.25, -0.2) is 4.79 Å². The molecular formula is C22H19ClN2O6S. The Bertz CT molecular complexity index is 1160. The molecule has 0 fully saturated rings. The Balaban J connectivity index is 1.96. The van der Waals surface area contributed by atoms with E-state index in [9.17, 15) is 19.7 Å². The van der Waals surface area contributed by atoms with Crippen molar-refractivity contribution >= 4 is 45.5 Å². The van der Waals surface area contributed by atoms with Gasteiger partial charge in [0.15, 0.2) is 0 Å². The van der Waals surface area contributed by atoms with E-state index in [1.54, 1.807) is 24.4 Å². The molecule has 0 saturated heterocycles. The van der Waals surface area contributed by atoms with Crippen LogP contribution in [-0.4, -0.2) is 30.0 Å². The lowest BCUT2D eigenvalue weighted by Crippen LogP contribution is -2.15. The number of carbonyl (C=O) groups is 2. The minimum absolute atomic E-state index is 0.0342. The summed E-state index contributed by atoms with van der Waals surface area (Å²) in [6, 6.07) is 10.9. The Morgan fingerprint density at radius 3 is 2.47 bits per heavy atom. The highest BCUT2D eigenvalue weighted by Crippen LogP contribution is 2.37. The van der Waals surface area contributed by atoms with Gasteiger partial charge in [-0.05, 0) is 43.7 Å². The van der Waals surface area contributed by atoms with Gasteiger partial charge in [0.25, 0.3) is 11.6 Å². The average Bonchev–Trinajstić information content (AvgIpc) is 3.18. The molecule has 0 aliphatic carbocycles. The zero-order valence-corrected chi connectivity index (χ0v) is 18.8. The van der Waals surface area contributed by atoms with Crippen LogP contribution < -0.4 is 10.1 Å². The summed E-state index contributed by atoms with van der Waals surface area (Å²) in [7, 11) is 0. The second-order valence-corrected chi connectivity index (χ2v) is 7.70. The number of nitrogens with one attached hydrogen (secondary N) is 1. The fourth-order valence-corrected chi connectivity index (χ4v) is 4.07. The number of anilines is 1. The van der Waals surface area contributed by atoms with Crippen molar-refractivity contribution in [1.82, 2.24) is 0 Å². The lowest BCUT2D eigenvalue weighted by atomic mass is 10.0. The highest BCUT2D eigenvalue weighted by atomic mass is 35.5. The Hall–Kier alpha value is -3.43. The van der Waals surface area contributed by atoms with Crippen LogP contribution in [0.25, 0.3) is 11.1 Å². The van der Waals surface area contributed by atoms with Gasteiger partial charge in [0.1, 0.15) is 21.3 Å². The molecule has 0 atom stereocenters. The van der Waals surface area contributed by atoms with E-state index in [4.69, 9.17) is 21.1 Å². The number of halogens is 1. The number of amides is 1. The van der Waals surface area contributed by atoms with Crippen LogP contribution in [0, 0.1) is 10.1 Å². The van der Waals surface area contributed by atoms with Crippen molar-refractivity contribution in [1.29, 1.82) is 0 Å². The van der Waals surface area contributed by atoms with Crippen molar-refractivity contribution in [3.05, 3.63) is 74.1 Å². The van der Waals surface area contributed by atoms with E-state index < -0.39 is 16.8 Å². The highest BCUT2D eigenvalue weighted by Gasteiger charge is 2.24. The number of nitrogens with zero attached hydrogens (tertiary/aromatic N) is 1. The largest absolute Gasteiger partial charge is 0.494 e. The second kappa shape index (κ2) is 10.3. The standard InChI is InChI=1S/C22H19ClN2O6S/c1-3-30-15-8-5-13(6-9-15)16-12-32-21(19(16)22(27)31-4-2)24-20(26)14-7-10-17(23)18(11-14)25(28)29/h5-12H,3-4H2,1-2H3,(H,24,26). The molecule has 0 radical (unpaired) electrons. The van der Waals surface area contributed by atoms with Crippen LogP contribution in [0.5, 0.6) is 5.75 Å². The third-order valence-corrected chi connectivity index (χ3v) is 5.59. The first-order valence-electron chi connectivity index (χ1n) is 9.62. The molecule has 0 aliphatic heterocycles. The normalized spacial score (nSPS) is 10.5. The number of thiophene rings is 1. The minimum Gasteiger partial charge on any atom is -0.494 e. The molecule has 32 heavy (non-hydrogen) atoms. The first-order valence-corrected chi connectivity index (χ1v) is 10.9. The molecule has 1 amide bonds. The second-order valence-electron chi connectivity index (χ2n) is 6.41. The maximum absolute atomic E-state index is 12.8. The van der Waals surface area contributed by atoms with Gasteiger partial charge in [0.05, 0.1) is 18.1 Å².